The highest BCUT2D eigenvalue weighted by atomic mass is 35.5. The molecule has 0 saturated carbocycles. The molecule has 78 valence electrons. The lowest BCUT2D eigenvalue weighted by atomic mass is 10.3. The van der Waals surface area contributed by atoms with Crippen LogP contribution in [0, 0.1) is 0 Å². The molecule has 0 N–H and O–H groups in total. The quantitative estimate of drug-likeness (QED) is 0.769. The number of hydrogen-bond donors (Lipinski definition) is 0. The molecule has 14 heavy (non-hydrogen) atoms. The molecule has 0 saturated heterocycles. The molecule has 1 rings (SSSR count). The Labute approximate surface area is 87.4 Å². The van der Waals surface area contributed by atoms with Crippen molar-refractivity contribution in [3.63, 3.8) is 0 Å². The summed E-state index contributed by atoms with van der Waals surface area (Å²) < 4.78 is 10.2. The highest BCUT2D eigenvalue weighted by Gasteiger charge is 2.08. The summed E-state index contributed by atoms with van der Waals surface area (Å²) in [6.45, 7) is 3.93. The van der Waals surface area contributed by atoms with Gasteiger partial charge in [-0.15, -0.1) is 4.98 Å². The van der Waals surface area contributed by atoms with Crippen molar-refractivity contribution in [2.45, 2.75) is 26.4 Å². The predicted molar refractivity (Wildman–Crippen MR) is 51.8 cm³/mol. The summed E-state index contributed by atoms with van der Waals surface area (Å²) in [5.41, 5.74) is 0. The molecule has 0 aliphatic heterocycles. The van der Waals surface area contributed by atoms with Crippen LogP contribution in [0.15, 0.2) is 0 Å². The monoisotopic (exact) mass is 217 g/mol. The average Bonchev–Trinajstić information content (AvgIpc) is 2.16. The van der Waals surface area contributed by atoms with Crippen molar-refractivity contribution >= 4 is 11.6 Å². The van der Waals surface area contributed by atoms with Crippen LogP contribution >= 0.6 is 11.6 Å². The van der Waals surface area contributed by atoms with Gasteiger partial charge in [-0.05, 0) is 24.9 Å². The van der Waals surface area contributed by atoms with E-state index in [1.807, 2.05) is 13.8 Å². The van der Waals surface area contributed by atoms with Gasteiger partial charge in [0.15, 0.2) is 0 Å². The van der Waals surface area contributed by atoms with Crippen molar-refractivity contribution in [2.24, 2.45) is 0 Å². The zero-order chi connectivity index (χ0) is 10.6. The van der Waals surface area contributed by atoms with Crippen LogP contribution in [0.1, 0.15) is 20.3 Å². The predicted octanol–water partition coefficient (Wildman–Crippen LogP) is 1.71. The van der Waals surface area contributed by atoms with E-state index in [1.54, 1.807) is 0 Å². The van der Waals surface area contributed by atoms with Crippen LogP contribution in [-0.2, 0) is 0 Å². The van der Waals surface area contributed by atoms with E-state index >= 15 is 0 Å². The number of rotatable bonds is 4. The molecule has 1 aromatic heterocycles. The normalized spacial score (nSPS) is 12.3. The molecular weight excluding hydrogens is 206 g/mol. The summed E-state index contributed by atoms with van der Waals surface area (Å²) in [7, 11) is 1.46. The number of halogens is 1. The number of aromatic nitrogens is 3. The number of methoxy groups -OCH3 is 1. The first-order chi connectivity index (χ1) is 6.65. The van der Waals surface area contributed by atoms with Crippen molar-refractivity contribution in [2.75, 3.05) is 7.11 Å². The Morgan fingerprint density at radius 3 is 2.50 bits per heavy atom. The van der Waals surface area contributed by atoms with Gasteiger partial charge in [0.05, 0.1) is 13.2 Å². The second-order valence-electron chi connectivity index (χ2n) is 2.71. The van der Waals surface area contributed by atoms with Crippen LogP contribution < -0.4 is 9.47 Å². The number of ether oxygens (including phenoxy) is 2. The van der Waals surface area contributed by atoms with Gasteiger partial charge in [-0.1, -0.05) is 6.92 Å². The van der Waals surface area contributed by atoms with E-state index < -0.39 is 0 Å². The molecule has 0 spiro atoms. The molecule has 0 aromatic carbocycles. The fourth-order valence-electron chi connectivity index (χ4n) is 0.722. The SMILES string of the molecule is CCC(C)Oc1nc(Cl)nc(OC)n1. The molecule has 0 fully saturated rings. The zero-order valence-electron chi connectivity index (χ0n) is 8.32. The minimum atomic E-state index is 0.0400. The minimum Gasteiger partial charge on any atom is -0.467 e. The van der Waals surface area contributed by atoms with Gasteiger partial charge >= 0.3 is 12.0 Å². The van der Waals surface area contributed by atoms with Gasteiger partial charge in [-0.25, -0.2) is 0 Å². The molecule has 1 heterocycles. The van der Waals surface area contributed by atoms with Crippen LogP contribution in [0.4, 0.5) is 0 Å². The third-order valence-corrected chi connectivity index (χ3v) is 1.80. The molecule has 6 heteroatoms. The molecule has 5 nitrogen and oxygen atoms in total. The zero-order valence-corrected chi connectivity index (χ0v) is 9.08. The second kappa shape index (κ2) is 4.95. The summed E-state index contributed by atoms with van der Waals surface area (Å²) in [5, 5.41) is 0.0650. The fourth-order valence-corrected chi connectivity index (χ4v) is 0.867. The van der Waals surface area contributed by atoms with E-state index in [1.165, 1.54) is 7.11 Å². The molecule has 1 atom stereocenters. The highest BCUT2D eigenvalue weighted by Crippen LogP contribution is 2.14. The second-order valence-corrected chi connectivity index (χ2v) is 3.05. The first-order valence-corrected chi connectivity index (χ1v) is 4.65. The van der Waals surface area contributed by atoms with E-state index in [0.717, 1.165) is 6.42 Å². The molecule has 0 amide bonds. The summed E-state index contributed by atoms with van der Waals surface area (Å²) in [6.07, 6.45) is 0.907. The Morgan fingerprint density at radius 2 is 1.93 bits per heavy atom. The fraction of sp³-hybridized carbons (Fsp3) is 0.625. The number of hydrogen-bond acceptors (Lipinski definition) is 5. The molecule has 1 unspecified atom stereocenters. The van der Waals surface area contributed by atoms with Crippen molar-refractivity contribution in [3.05, 3.63) is 5.28 Å². The summed E-state index contributed by atoms with van der Waals surface area (Å²) >= 11 is 5.63. The van der Waals surface area contributed by atoms with Gasteiger partial charge in [0.2, 0.25) is 5.28 Å². The van der Waals surface area contributed by atoms with Crippen LogP contribution in [0.3, 0.4) is 0 Å². The van der Waals surface area contributed by atoms with Gasteiger partial charge in [0.1, 0.15) is 0 Å². The standard InChI is InChI=1S/C8H12ClN3O2/c1-4-5(2)14-8-11-6(9)10-7(12-8)13-3/h5H,4H2,1-3H3. The summed E-state index contributed by atoms with van der Waals surface area (Å²) in [4.78, 5) is 11.4. The maximum Gasteiger partial charge on any atom is 0.324 e. The Kier molecular flexibility index (Phi) is 3.88. The molecular formula is C8H12ClN3O2. The van der Waals surface area contributed by atoms with E-state index in [4.69, 9.17) is 21.1 Å². The van der Waals surface area contributed by atoms with E-state index in [9.17, 15) is 0 Å². The summed E-state index contributed by atoms with van der Waals surface area (Å²) in [6, 6.07) is 0.347. The molecule has 0 aliphatic carbocycles. The lowest BCUT2D eigenvalue weighted by molar-refractivity contribution is 0.195. The van der Waals surface area contributed by atoms with E-state index in [2.05, 4.69) is 15.0 Å². The Bertz CT molecular complexity index is 309. The first kappa shape index (κ1) is 11.0. The van der Waals surface area contributed by atoms with E-state index in [0.29, 0.717) is 0 Å². The van der Waals surface area contributed by atoms with Gasteiger partial charge in [-0.2, -0.15) is 9.97 Å². The summed E-state index contributed by atoms with van der Waals surface area (Å²) in [5.74, 6) is 0. The average molecular weight is 218 g/mol. The first-order valence-electron chi connectivity index (χ1n) is 4.28. The van der Waals surface area contributed by atoms with Crippen LogP contribution in [-0.4, -0.2) is 28.2 Å². The van der Waals surface area contributed by atoms with Crippen molar-refractivity contribution < 1.29 is 9.47 Å². The van der Waals surface area contributed by atoms with Crippen LogP contribution in [0.25, 0.3) is 0 Å². The third-order valence-electron chi connectivity index (χ3n) is 1.63. The van der Waals surface area contributed by atoms with E-state index in [-0.39, 0.29) is 23.4 Å². The third kappa shape index (κ3) is 2.99. The van der Waals surface area contributed by atoms with Crippen molar-refractivity contribution in [1.29, 1.82) is 0 Å². The Hall–Kier alpha value is -1.10. The van der Waals surface area contributed by atoms with Gasteiger partial charge in [-0.3, -0.25) is 0 Å². The Morgan fingerprint density at radius 1 is 1.29 bits per heavy atom. The number of nitrogens with zero attached hydrogens (tertiary/aromatic N) is 3. The van der Waals surface area contributed by atoms with Crippen molar-refractivity contribution in [1.82, 2.24) is 15.0 Å². The van der Waals surface area contributed by atoms with Crippen LogP contribution in [0.5, 0.6) is 12.0 Å². The maximum absolute atomic E-state index is 5.63. The van der Waals surface area contributed by atoms with Gasteiger partial charge in [0, 0.05) is 0 Å². The molecule has 0 bridgehead atoms. The van der Waals surface area contributed by atoms with Gasteiger partial charge < -0.3 is 9.47 Å². The molecule has 0 aliphatic rings. The lowest BCUT2D eigenvalue weighted by Gasteiger charge is -2.10. The molecule has 0 radical (unpaired) electrons. The lowest BCUT2D eigenvalue weighted by Crippen LogP contribution is -2.12. The topological polar surface area (TPSA) is 57.1 Å². The largest absolute Gasteiger partial charge is 0.467 e. The maximum atomic E-state index is 5.63. The molecule has 1 aromatic rings. The van der Waals surface area contributed by atoms with Crippen molar-refractivity contribution in [3.8, 4) is 12.0 Å². The minimum absolute atomic E-state index is 0.0400. The Balaban J connectivity index is 2.81. The van der Waals surface area contributed by atoms with Crippen LogP contribution in [0.2, 0.25) is 5.28 Å². The van der Waals surface area contributed by atoms with Gasteiger partial charge in [0.25, 0.3) is 0 Å². The smallest absolute Gasteiger partial charge is 0.324 e. The highest BCUT2D eigenvalue weighted by molar-refractivity contribution is 6.28.